The zero-order valence-corrected chi connectivity index (χ0v) is 18.3. The monoisotopic (exact) mass is 475 g/mol. The number of benzene rings is 2. The van der Waals surface area contributed by atoms with Gasteiger partial charge in [-0.25, -0.2) is 4.98 Å². The number of aromatic nitrogens is 1. The largest absolute Gasteiger partial charge is 0.484 e. The Kier molecular flexibility index (Phi) is 7.83. The molecule has 0 spiro atoms. The number of thiazole rings is 1. The predicted octanol–water partition coefficient (Wildman–Crippen LogP) is 5.10. The molecule has 1 aromatic heterocycles. The van der Waals surface area contributed by atoms with Gasteiger partial charge in [0.2, 0.25) is 11.8 Å². The van der Waals surface area contributed by atoms with Crippen LogP contribution in [0, 0.1) is 0 Å². The maximum atomic E-state index is 12.3. The van der Waals surface area contributed by atoms with E-state index in [1.165, 1.54) is 47.4 Å². The first-order valence-electron chi connectivity index (χ1n) is 9.77. The zero-order valence-electron chi connectivity index (χ0n) is 17.5. The maximum Gasteiger partial charge on any atom is 0.422 e. The standard InChI is InChI=1S/C23H20F3N3O3S/c1-16(30)29(19-7-3-2-4-8-19)22-28-18(14-33-22)10-11-21(31)27-13-17-6-5-9-20(12-17)32-15-23(24,25)26/h2-12,14H,13,15H2,1H3,(H,27,31). The lowest BCUT2D eigenvalue weighted by atomic mass is 10.2. The number of nitrogens with zero attached hydrogens (tertiary/aromatic N) is 2. The fourth-order valence-electron chi connectivity index (χ4n) is 2.78. The van der Waals surface area contributed by atoms with Crippen LogP contribution in [-0.4, -0.2) is 29.6 Å². The van der Waals surface area contributed by atoms with Crippen molar-refractivity contribution in [2.45, 2.75) is 19.6 Å². The third-order valence-corrected chi connectivity index (χ3v) is 5.05. The van der Waals surface area contributed by atoms with Gasteiger partial charge >= 0.3 is 6.18 Å². The van der Waals surface area contributed by atoms with Crippen LogP contribution in [0.15, 0.2) is 66.1 Å². The number of carbonyl (C=O) groups excluding carboxylic acids is 2. The molecule has 3 rings (SSSR count). The third kappa shape index (κ3) is 7.46. The van der Waals surface area contributed by atoms with Gasteiger partial charge in [-0.05, 0) is 35.9 Å². The van der Waals surface area contributed by atoms with Crippen LogP contribution < -0.4 is 15.0 Å². The molecule has 6 nitrogen and oxygen atoms in total. The van der Waals surface area contributed by atoms with Crippen LogP contribution in [0.4, 0.5) is 24.0 Å². The van der Waals surface area contributed by atoms with Crippen molar-refractivity contribution in [1.29, 1.82) is 0 Å². The molecule has 2 aromatic carbocycles. The van der Waals surface area contributed by atoms with Crippen LogP contribution in [0.2, 0.25) is 0 Å². The number of amides is 2. The second kappa shape index (κ2) is 10.8. The Morgan fingerprint density at radius 2 is 1.91 bits per heavy atom. The molecule has 33 heavy (non-hydrogen) atoms. The molecule has 0 aliphatic rings. The molecular formula is C23H20F3N3O3S. The van der Waals surface area contributed by atoms with Crippen molar-refractivity contribution in [2.75, 3.05) is 11.5 Å². The highest BCUT2D eigenvalue weighted by Crippen LogP contribution is 2.29. The van der Waals surface area contributed by atoms with Crippen molar-refractivity contribution in [2.24, 2.45) is 0 Å². The van der Waals surface area contributed by atoms with Gasteiger partial charge in [0.1, 0.15) is 5.75 Å². The van der Waals surface area contributed by atoms with E-state index >= 15 is 0 Å². The molecular weight excluding hydrogens is 455 g/mol. The Morgan fingerprint density at radius 3 is 2.61 bits per heavy atom. The van der Waals surface area contributed by atoms with Crippen molar-refractivity contribution in [3.63, 3.8) is 0 Å². The van der Waals surface area contributed by atoms with Gasteiger partial charge in [0.15, 0.2) is 11.7 Å². The lowest BCUT2D eigenvalue weighted by Crippen LogP contribution is -2.22. The number of hydrogen-bond acceptors (Lipinski definition) is 5. The topological polar surface area (TPSA) is 71.5 Å². The molecule has 0 radical (unpaired) electrons. The summed E-state index contributed by atoms with van der Waals surface area (Å²) in [6.45, 7) is 0.174. The molecule has 10 heteroatoms. The van der Waals surface area contributed by atoms with Gasteiger partial charge in [-0.2, -0.15) is 13.2 Å². The van der Waals surface area contributed by atoms with Gasteiger partial charge in [0.25, 0.3) is 0 Å². The van der Waals surface area contributed by atoms with E-state index in [1.807, 2.05) is 18.2 Å². The summed E-state index contributed by atoms with van der Waals surface area (Å²) in [6.07, 6.45) is -1.61. The number of alkyl halides is 3. The summed E-state index contributed by atoms with van der Waals surface area (Å²) in [7, 11) is 0. The Hall–Kier alpha value is -3.66. The van der Waals surface area contributed by atoms with Gasteiger partial charge in [-0.15, -0.1) is 11.3 Å². The number of para-hydroxylation sites is 1. The summed E-state index contributed by atoms with van der Waals surface area (Å²) < 4.78 is 41.5. The van der Waals surface area contributed by atoms with Crippen molar-refractivity contribution in [1.82, 2.24) is 10.3 Å². The summed E-state index contributed by atoms with van der Waals surface area (Å²) in [6, 6.07) is 15.2. The minimum absolute atomic E-state index is 0.0676. The van der Waals surface area contributed by atoms with Crippen LogP contribution in [0.1, 0.15) is 18.2 Å². The van der Waals surface area contributed by atoms with Crippen LogP contribution in [0.3, 0.4) is 0 Å². The quantitative estimate of drug-likeness (QED) is 0.460. The van der Waals surface area contributed by atoms with Crippen molar-refractivity contribution in [3.8, 4) is 5.75 Å². The highest BCUT2D eigenvalue weighted by Gasteiger charge is 2.28. The molecule has 0 aliphatic carbocycles. The SMILES string of the molecule is CC(=O)N(c1ccccc1)c1nc(C=CC(=O)NCc2cccc(OCC(F)(F)F)c2)cs1. The lowest BCUT2D eigenvalue weighted by molar-refractivity contribution is -0.153. The number of carbonyl (C=O) groups is 2. The summed E-state index contributed by atoms with van der Waals surface area (Å²) in [5.41, 5.74) is 1.79. The number of hydrogen-bond donors (Lipinski definition) is 1. The molecule has 0 atom stereocenters. The Labute approximate surface area is 192 Å². The third-order valence-electron chi connectivity index (χ3n) is 4.20. The highest BCUT2D eigenvalue weighted by atomic mass is 32.1. The number of rotatable bonds is 8. The molecule has 172 valence electrons. The smallest absolute Gasteiger partial charge is 0.422 e. The van der Waals surface area contributed by atoms with E-state index in [2.05, 4.69) is 10.3 Å². The number of nitrogens with one attached hydrogen (secondary N) is 1. The lowest BCUT2D eigenvalue weighted by Gasteiger charge is -2.17. The van der Waals surface area contributed by atoms with Crippen molar-refractivity contribution >= 4 is 40.0 Å². The van der Waals surface area contributed by atoms with Crippen molar-refractivity contribution < 1.29 is 27.5 Å². The van der Waals surface area contributed by atoms with E-state index in [0.717, 1.165) is 0 Å². The molecule has 0 unspecified atom stereocenters. The summed E-state index contributed by atoms with van der Waals surface area (Å²) in [4.78, 5) is 30.1. The van der Waals surface area contributed by atoms with E-state index in [4.69, 9.17) is 4.74 Å². The van der Waals surface area contributed by atoms with E-state index in [1.54, 1.807) is 29.6 Å². The van der Waals surface area contributed by atoms with Crippen LogP contribution in [0.5, 0.6) is 5.75 Å². The molecule has 0 aliphatic heterocycles. The van der Waals surface area contributed by atoms with E-state index in [-0.39, 0.29) is 18.2 Å². The molecule has 2 amide bonds. The Morgan fingerprint density at radius 1 is 1.15 bits per heavy atom. The minimum Gasteiger partial charge on any atom is -0.484 e. The number of anilines is 2. The normalized spacial score (nSPS) is 11.4. The van der Waals surface area contributed by atoms with Crippen LogP contribution in [-0.2, 0) is 16.1 Å². The average Bonchev–Trinajstić information content (AvgIpc) is 3.23. The summed E-state index contributed by atoms with van der Waals surface area (Å²) in [5, 5.41) is 4.85. The van der Waals surface area contributed by atoms with Crippen molar-refractivity contribution in [3.05, 3.63) is 77.3 Å². The minimum atomic E-state index is -4.42. The second-order valence-corrected chi connectivity index (χ2v) is 7.68. The zero-order chi connectivity index (χ0) is 23.8. The fourth-order valence-corrected chi connectivity index (χ4v) is 3.63. The van der Waals surface area contributed by atoms with E-state index in [9.17, 15) is 22.8 Å². The Balaban J connectivity index is 1.57. The van der Waals surface area contributed by atoms with Gasteiger partial charge in [0, 0.05) is 24.9 Å². The molecule has 0 saturated heterocycles. The van der Waals surface area contributed by atoms with E-state index < -0.39 is 18.7 Å². The van der Waals surface area contributed by atoms with Crippen LogP contribution >= 0.6 is 11.3 Å². The summed E-state index contributed by atoms with van der Waals surface area (Å²) >= 11 is 1.27. The maximum absolute atomic E-state index is 12.3. The Bertz CT molecular complexity index is 1130. The molecule has 1 heterocycles. The predicted molar refractivity (Wildman–Crippen MR) is 120 cm³/mol. The fraction of sp³-hybridized carbons (Fsp3) is 0.174. The summed E-state index contributed by atoms with van der Waals surface area (Å²) in [5.74, 6) is -0.527. The highest BCUT2D eigenvalue weighted by molar-refractivity contribution is 7.14. The molecule has 1 N–H and O–H groups in total. The molecule has 0 fully saturated rings. The molecule has 0 bridgehead atoms. The second-order valence-electron chi connectivity index (χ2n) is 6.85. The van der Waals surface area contributed by atoms with Crippen LogP contribution in [0.25, 0.3) is 6.08 Å². The number of ether oxygens (including phenoxy) is 1. The average molecular weight is 475 g/mol. The van der Waals surface area contributed by atoms with E-state index in [0.29, 0.717) is 22.1 Å². The first-order valence-corrected chi connectivity index (χ1v) is 10.6. The van der Waals surface area contributed by atoms with Gasteiger partial charge in [-0.3, -0.25) is 14.5 Å². The molecule has 0 saturated carbocycles. The first kappa shape index (κ1) is 24.0. The van der Waals surface area contributed by atoms with Gasteiger partial charge in [0.05, 0.1) is 11.4 Å². The molecule has 3 aromatic rings. The van der Waals surface area contributed by atoms with Gasteiger partial charge in [-0.1, -0.05) is 30.3 Å². The first-order chi connectivity index (χ1) is 15.7. The number of halogens is 3. The van der Waals surface area contributed by atoms with Gasteiger partial charge < -0.3 is 10.1 Å².